The fraction of sp³-hybridized carbons (Fsp3) is 0.867. The van der Waals surface area contributed by atoms with E-state index in [1.165, 1.54) is 44.1 Å². The summed E-state index contributed by atoms with van der Waals surface area (Å²) in [7, 11) is 0. The van der Waals surface area contributed by atoms with Gasteiger partial charge in [-0.25, -0.2) is 0 Å². The van der Waals surface area contributed by atoms with Crippen molar-refractivity contribution in [3.05, 3.63) is 11.6 Å². The highest BCUT2D eigenvalue weighted by atomic mass is 16.5. The summed E-state index contributed by atoms with van der Waals surface area (Å²) in [5, 5.41) is 0. The zero-order valence-electron chi connectivity index (χ0n) is 11.5. The molecule has 1 aliphatic heterocycles. The third-order valence-electron chi connectivity index (χ3n) is 3.42. The molecule has 0 aromatic carbocycles. The molecule has 1 aliphatic rings. The van der Waals surface area contributed by atoms with Gasteiger partial charge in [-0.15, -0.1) is 0 Å². The summed E-state index contributed by atoms with van der Waals surface area (Å²) in [6.45, 7) is 8.96. The lowest BCUT2D eigenvalue weighted by atomic mass is 10.0. The molecular weight excluding hydrogens is 196 g/mol. The Morgan fingerprint density at radius 2 is 1.88 bits per heavy atom. The van der Waals surface area contributed by atoms with Crippen molar-refractivity contribution in [1.82, 2.24) is 0 Å². The Kier molecular flexibility index (Phi) is 6.12. The minimum Gasteiger partial charge on any atom is -0.366 e. The molecule has 94 valence electrons. The summed E-state index contributed by atoms with van der Waals surface area (Å²) in [6.07, 6.45) is 11.1. The van der Waals surface area contributed by atoms with Gasteiger partial charge in [-0.1, -0.05) is 59.0 Å². The van der Waals surface area contributed by atoms with E-state index in [9.17, 15) is 0 Å². The number of unbranched alkanes of at least 4 members (excludes halogenated alkanes) is 4. The molecule has 1 heterocycles. The zero-order chi connectivity index (χ0) is 12.0. The van der Waals surface area contributed by atoms with Gasteiger partial charge >= 0.3 is 0 Å². The van der Waals surface area contributed by atoms with Crippen LogP contribution in [0.15, 0.2) is 11.6 Å². The summed E-state index contributed by atoms with van der Waals surface area (Å²) in [5.41, 5.74) is 1.44. The Morgan fingerprint density at radius 3 is 2.44 bits per heavy atom. The van der Waals surface area contributed by atoms with Crippen LogP contribution in [0.4, 0.5) is 0 Å². The van der Waals surface area contributed by atoms with E-state index in [1.54, 1.807) is 0 Å². The molecule has 0 aromatic rings. The van der Waals surface area contributed by atoms with Gasteiger partial charge in [0.2, 0.25) is 0 Å². The average molecular weight is 224 g/mol. The molecule has 0 saturated heterocycles. The third-order valence-corrected chi connectivity index (χ3v) is 3.42. The molecule has 1 heteroatoms. The highest BCUT2D eigenvalue weighted by molar-refractivity contribution is 5.14. The molecule has 0 amide bonds. The van der Waals surface area contributed by atoms with Crippen LogP contribution in [0.3, 0.4) is 0 Å². The second-order valence-corrected chi connectivity index (χ2v) is 5.45. The minimum absolute atomic E-state index is 0.376. The number of hydrogen-bond acceptors (Lipinski definition) is 1. The van der Waals surface area contributed by atoms with Gasteiger partial charge in [-0.2, -0.15) is 0 Å². The van der Waals surface area contributed by atoms with Crippen LogP contribution in [0.2, 0.25) is 0 Å². The molecule has 2 unspecified atom stereocenters. The first-order chi connectivity index (χ1) is 7.65. The van der Waals surface area contributed by atoms with Gasteiger partial charge in [0.15, 0.2) is 0 Å². The van der Waals surface area contributed by atoms with Crippen molar-refractivity contribution in [2.75, 3.05) is 0 Å². The molecule has 16 heavy (non-hydrogen) atoms. The van der Waals surface area contributed by atoms with Crippen molar-refractivity contribution >= 4 is 0 Å². The fourth-order valence-electron chi connectivity index (χ4n) is 2.51. The average Bonchev–Trinajstić information content (AvgIpc) is 2.59. The van der Waals surface area contributed by atoms with E-state index < -0.39 is 0 Å². The second kappa shape index (κ2) is 7.11. The molecule has 0 saturated carbocycles. The van der Waals surface area contributed by atoms with Crippen molar-refractivity contribution in [2.24, 2.45) is 5.92 Å². The molecule has 2 atom stereocenters. The van der Waals surface area contributed by atoms with Crippen LogP contribution in [-0.2, 0) is 4.74 Å². The number of ether oxygens (including phenoxy) is 1. The lowest BCUT2D eigenvalue weighted by Crippen LogP contribution is -2.19. The third kappa shape index (κ3) is 4.29. The Morgan fingerprint density at radius 1 is 1.19 bits per heavy atom. The standard InChI is InChI=1S/C15H28O/c1-5-6-7-8-9-10-14-11-13(4)15(16-14)12(2)3/h11-12,14-15H,5-10H2,1-4H3. The monoisotopic (exact) mass is 224 g/mol. The minimum atomic E-state index is 0.376. The maximum absolute atomic E-state index is 6.05. The van der Waals surface area contributed by atoms with Crippen LogP contribution in [0.1, 0.15) is 66.2 Å². The first-order valence-electron chi connectivity index (χ1n) is 6.99. The lowest BCUT2D eigenvalue weighted by molar-refractivity contribution is 0.0253. The fourth-order valence-corrected chi connectivity index (χ4v) is 2.51. The first-order valence-corrected chi connectivity index (χ1v) is 6.99. The van der Waals surface area contributed by atoms with Crippen molar-refractivity contribution in [2.45, 2.75) is 78.4 Å². The van der Waals surface area contributed by atoms with E-state index in [4.69, 9.17) is 4.74 Å². The van der Waals surface area contributed by atoms with Crippen LogP contribution in [0.25, 0.3) is 0 Å². The maximum Gasteiger partial charge on any atom is 0.0814 e. The Balaban J connectivity index is 2.16. The molecule has 1 rings (SSSR count). The summed E-state index contributed by atoms with van der Waals surface area (Å²) < 4.78 is 6.05. The van der Waals surface area contributed by atoms with Crippen LogP contribution < -0.4 is 0 Å². The highest BCUT2D eigenvalue weighted by Crippen LogP contribution is 2.27. The van der Waals surface area contributed by atoms with Gasteiger partial charge < -0.3 is 4.74 Å². The predicted octanol–water partition coefficient (Wildman–Crippen LogP) is 4.72. The van der Waals surface area contributed by atoms with Gasteiger partial charge in [-0.3, -0.25) is 0 Å². The number of hydrogen-bond donors (Lipinski definition) is 0. The van der Waals surface area contributed by atoms with E-state index in [1.807, 2.05) is 0 Å². The summed E-state index contributed by atoms with van der Waals surface area (Å²) in [4.78, 5) is 0. The van der Waals surface area contributed by atoms with Crippen molar-refractivity contribution in [3.8, 4) is 0 Å². The van der Waals surface area contributed by atoms with Gasteiger partial charge in [-0.05, 0) is 24.8 Å². The quantitative estimate of drug-likeness (QED) is 0.449. The van der Waals surface area contributed by atoms with Crippen LogP contribution >= 0.6 is 0 Å². The van der Waals surface area contributed by atoms with Gasteiger partial charge in [0.05, 0.1) is 12.2 Å². The summed E-state index contributed by atoms with van der Waals surface area (Å²) in [6, 6.07) is 0. The molecular formula is C15H28O. The summed E-state index contributed by atoms with van der Waals surface area (Å²) in [5.74, 6) is 0.612. The SMILES string of the molecule is CCCCCCCC1C=C(C)C(C(C)C)O1. The van der Waals surface area contributed by atoms with Gasteiger partial charge in [0, 0.05) is 0 Å². The second-order valence-electron chi connectivity index (χ2n) is 5.45. The van der Waals surface area contributed by atoms with Crippen LogP contribution in [-0.4, -0.2) is 12.2 Å². The Bertz CT molecular complexity index is 217. The Labute approximate surface area is 101 Å². The van der Waals surface area contributed by atoms with Crippen molar-refractivity contribution in [1.29, 1.82) is 0 Å². The van der Waals surface area contributed by atoms with Crippen LogP contribution in [0, 0.1) is 5.92 Å². The molecule has 1 nitrogen and oxygen atoms in total. The molecule has 0 spiro atoms. The summed E-state index contributed by atoms with van der Waals surface area (Å²) >= 11 is 0. The highest BCUT2D eigenvalue weighted by Gasteiger charge is 2.26. The van der Waals surface area contributed by atoms with E-state index in [0.717, 1.165) is 0 Å². The lowest BCUT2D eigenvalue weighted by Gasteiger charge is -2.18. The van der Waals surface area contributed by atoms with E-state index in [2.05, 4.69) is 33.8 Å². The Hall–Kier alpha value is -0.300. The topological polar surface area (TPSA) is 9.23 Å². The smallest absolute Gasteiger partial charge is 0.0814 e. The number of rotatable bonds is 7. The predicted molar refractivity (Wildman–Crippen MR) is 70.6 cm³/mol. The molecule has 0 radical (unpaired) electrons. The van der Waals surface area contributed by atoms with Crippen molar-refractivity contribution in [3.63, 3.8) is 0 Å². The molecule has 0 N–H and O–H groups in total. The van der Waals surface area contributed by atoms with Gasteiger partial charge in [0.25, 0.3) is 0 Å². The zero-order valence-corrected chi connectivity index (χ0v) is 11.5. The molecule has 0 aromatic heterocycles. The molecule has 0 aliphatic carbocycles. The van der Waals surface area contributed by atoms with E-state index >= 15 is 0 Å². The van der Waals surface area contributed by atoms with E-state index in [0.29, 0.717) is 18.1 Å². The molecule has 0 fully saturated rings. The van der Waals surface area contributed by atoms with Gasteiger partial charge in [0.1, 0.15) is 0 Å². The maximum atomic E-state index is 6.05. The van der Waals surface area contributed by atoms with Crippen molar-refractivity contribution < 1.29 is 4.74 Å². The first kappa shape index (κ1) is 13.8. The normalized spacial score (nSPS) is 25.2. The largest absolute Gasteiger partial charge is 0.366 e. The van der Waals surface area contributed by atoms with Crippen LogP contribution in [0.5, 0.6) is 0 Å². The molecule has 0 bridgehead atoms. The van der Waals surface area contributed by atoms with E-state index in [-0.39, 0.29) is 0 Å².